The second-order valence-electron chi connectivity index (χ2n) is 3.95. The molecule has 0 aliphatic carbocycles. The molecule has 94 valence electrons. The zero-order valence-electron chi connectivity index (χ0n) is 9.71. The summed E-state index contributed by atoms with van der Waals surface area (Å²) in [6, 6.07) is 7.30. The van der Waals surface area contributed by atoms with E-state index in [1.807, 2.05) is 19.1 Å². The average molecular weight is 248 g/mol. The number of rotatable bonds is 3. The summed E-state index contributed by atoms with van der Waals surface area (Å²) < 4.78 is 0. The smallest absolute Gasteiger partial charge is 0.353 e. The molecule has 1 unspecified atom stereocenters. The van der Waals surface area contributed by atoms with Gasteiger partial charge in [0.2, 0.25) is 6.10 Å². The van der Waals surface area contributed by atoms with E-state index in [0.717, 1.165) is 5.56 Å². The fourth-order valence-corrected chi connectivity index (χ4v) is 1.57. The summed E-state index contributed by atoms with van der Waals surface area (Å²) >= 11 is 0. The van der Waals surface area contributed by atoms with E-state index in [1.165, 1.54) is 0 Å². The maximum Gasteiger partial charge on any atom is 0.353 e. The van der Waals surface area contributed by atoms with Crippen LogP contribution in [0.5, 0.6) is 0 Å². The van der Waals surface area contributed by atoms with Crippen LogP contribution in [0.2, 0.25) is 0 Å². The van der Waals surface area contributed by atoms with Crippen LogP contribution in [-0.2, 0) is 14.4 Å². The van der Waals surface area contributed by atoms with Crippen LogP contribution in [0.3, 0.4) is 0 Å². The molecule has 2 N–H and O–H groups in total. The molecule has 2 rings (SSSR count). The Balaban J connectivity index is 1.99. The number of carbonyl (C=O) groups excluding carboxylic acids is 1. The SMILES string of the molecule is Cc1ccccc1NC(=O)C1CC(C(=O)O)=NO1. The Bertz CT molecular complexity index is 525. The lowest BCUT2D eigenvalue weighted by molar-refractivity contribution is -0.129. The minimum Gasteiger partial charge on any atom is -0.477 e. The second kappa shape index (κ2) is 4.87. The fraction of sp³-hybridized carbons (Fsp3) is 0.250. The molecule has 0 saturated carbocycles. The largest absolute Gasteiger partial charge is 0.477 e. The normalized spacial score (nSPS) is 17.8. The minimum absolute atomic E-state index is 0.0208. The van der Waals surface area contributed by atoms with E-state index in [9.17, 15) is 9.59 Å². The summed E-state index contributed by atoms with van der Waals surface area (Å²) in [6.07, 6.45) is -0.900. The Morgan fingerprint density at radius 3 is 2.78 bits per heavy atom. The summed E-state index contributed by atoms with van der Waals surface area (Å²) in [4.78, 5) is 27.3. The van der Waals surface area contributed by atoms with Gasteiger partial charge in [-0.05, 0) is 18.6 Å². The van der Waals surface area contributed by atoms with Crippen molar-refractivity contribution >= 4 is 23.3 Å². The second-order valence-corrected chi connectivity index (χ2v) is 3.95. The van der Waals surface area contributed by atoms with Crippen LogP contribution >= 0.6 is 0 Å². The van der Waals surface area contributed by atoms with Gasteiger partial charge in [0.15, 0.2) is 5.71 Å². The van der Waals surface area contributed by atoms with Crippen molar-refractivity contribution in [3.05, 3.63) is 29.8 Å². The molecule has 1 aromatic carbocycles. The molecule has 0 spiro atoms. The van der Waals surface area contributed by atoms with Gasteiger partial charge in [0.1, 0.15) is 0 Å². The number of carboxylic acids is 1. The number of hydrogen-bond acceptors (Lipinski definition) is 4. The third-order valence-electron chi connectivity index (χ3n) is 2.61. The molecule has 0 radical (unpaired) electrons. The van der Waals surface area contributed by atoms with Gasteiger partial charge in [-0.25, -0.2) is 4.79 Å². The number of carbonyl (C=O) groups is 2. The summed E-state index contributed by atoms with van der Waals surface area (Å²) in [6.45, 7) is 1.87. The van der Waals surface area contributed by atoms with Crippen molar-refractivity contribution in [1.29, 1.82) is 0 Å². The number of aryl methyl sites for hydroxylation is 1. The number of nitrogens with zero attached hydrogens (tertiary/aromatic N) is 1. The number of amides is 1. The quantitative estimate of drug-likeness (QED) is 0.840. The number of para-hydroxylation sites is 1. The molecule has 0 aromatic heterocycles. The molecule has 6 heteroatoms. The van der Waals surface area contributed by atoms with Crippen molar-refractivity contribution in [3.8, 4) is 0 Å². The Labute approximate surface area is 103 Å². The monoisotopic (exact) mass is 248 g/mol. The lowest BCUT2D eigenvalue weighted by Crippen LogP contribution is -2.29. The van der Waals surface area contributed by atoms with Crippen LogP contribution in [0.15, 0.2) is 29.4 Å². The molecule has 1 amide bonds. The van der Waals surface area contributed by atoms with E-state index in [1.54, 1.807) is 12.1 Å². The molecule has 1 heterocycles. The van der Waals surface area contributed by atoms with Crippen molar-refractivity contribution < 1.29 is 19.5 Å². The van der Waals surface area contributed by atoms with Gasteiger partial charge in [-0.2, -0.15) is 0 Å². The number of hydrogen-bond donors (Lipinski definition) is 2. The highest BCUT2D eigenvalue weighted by Crippen LogP contribution is 2.17. The van der Waals surface area contributed by atoms with Crippen LogP contribution < -0.4 is 5.32 Å². The number of aliphatic carboxylic acids is 1. The van der Waals surface area contributed by atoms with E-state index in [0.29, 0.717) is 5.69 Å². The van der Waals surface area contributed by atoms with E-state index < -0.39 is 18.0 Å². The van der Waals surface area contributed by atoms with Gasteiger partial charge in [-0.3, -0.25) is 4.79 Å². The van der Waals surface area contributed by atoms with Crippen LogP contribution in [0, 0.1) is 6.92 Å². The van der Waals surface area contributed by atoms with Crippen molar-refractivity contribution in [2.24, 2.45) is 5.16 Å². The van der Waals surface area contributed by atoms with E-state index in [2.05, 4.69) is 10.5 Å². The number of oxime groups is 1. The summed E-state index contributed by atoms with van der Waals surface area (Å²) in [5.74, 6) is -1.56. The summed E-state index contributed by atoms with van der Waals surface area (Å²) in [5.41, 5.74) is 1.46. The van der Waals surface area contributed by atoms with E-state index >= 15 is 0 Å². The summed E-state index contributed by atoms with van der Waals surface area (Å²) in [5, 5.41) is 14.7. The van der Waals surface area contributed by atoms with Crippen LogP contribution in [0.25, 0.3) is 0 Å². The van der Waals surface area contributed by atoms with Crippen LogP contribution in [-0.4, -0.2) is 28.8 Å². The Morgan fingerprint density at radius 2 is 2.17 bits per heavy atom. The average Bonchev–Trinajstić information content (AvgIpc) is 2.81. The lowest BCUT2D eigenvalue weighted by Gasteiger charge is -2.11. The molecule has 0 fully saturated rings. The molecule has 0 bridgehead atoms. The van der Waals surface area contributed by atoms with Gasteiger partial charge in [0.05, 0.1) is 0 Å². The number of nitrogens with one attached hydrogen (secondary N) is 1. The van der Waals surface area contributed by atoms with E-state index in [-0.39, 0.29) is 12.1 Å². The van der Waals surface area contributed by atoms with Gasteiger partial charge in [-0.15, -0.1) is 0 Å². The van der Waals surface area contributed by atoms with Crippen LogP contribution in [0.4, 0.5) is 5.69 Å². The Kier molecular flexibility index (Phi) is 3.27. The van der Waals surface area contributed by atoms with Gasteiger partial charge in [0.25, 0.3) is 5.91 Å². The first-order valence-electron chi connectivity index (χ1n) is 5.40. The molecule has 18 heavy (non-hydrogen) atoms. The Morgan fingerprint density at radius 1 is 1.44 bits per heavy atom. The summed E-state index contributed by atoms with van der Waals surface area (Å²) in [7, 11) is 0. The van der Waals surface area contributed by atoms with Crippen molar-refractivity contribution in [1.82, 2.24) is 0 Å². The van der Waals surface area contributed by atoms with Crippen molar-refractivity contribution in [2.75, 3.05) is 5.32 Å². The zero-order chi connectivity index (χ0) is 13.1. The standard InChI is InChI=1S/C12H12N2O4/c1-7-4-2-3-5-8(7)13-11(15)10-6-9(12(16)17)14-18-10/h2-5,10H,6H2,1H3,(H,13,15)(H,16,17). The maximum atomic E-state index is 11.8. The molecule has 0 saturated heterocycles. The molecular formula is C12H12N2O4. The topological polar surface area (TPSA) is 88.0 Å². The number of carboxylic acid groups (broad SMARTS) is 1. The molecule has 1 atom stereocenters. The van der Waals surface area contributed by atoms with Crippen LogP contribution in [0.1, 0.15) is 12.0 Å². The van der Waals surface area contributed by atoms with Gasteiger partial charge in [0, 0.05) is 12.1 Å². The lowest BCUT2D eigenvalue weighted by atomic mass is 10.1. The third-order valence-corrected chi connectivity index (χ3v) is 2.61. The Hall–Kier alpha value is -2.37. The highest BCUT2D eigenvalue weighted by Gasteiger charge is 2.31. The molecule has 1 aliphatic rings. The van der Waals surface area contributed by atoms with Gasteiger partial charge in [-0.1, -0.05) is 23.4 Å². The number of benzene rings is 1. The molecule has 6 nitrogen and oxygen atoms in total. The minimum atomic E-state index is -1.17. The third kappa shape index (κ3) is 2.48. The first-order chi connectivity index (χ1) is 8.58. The van der Waals surface area contributed by atoms with Gasteiger partial charge < -0.3 is 15.3 Å². The molecule has 1 aromatic rings. The predicted molar refractivity (Wildman–Crippen MR) is 64.4 cm³/mol. The highest BCUT2D eigenvalue weighted by molar-refractivity contribution is 6.36. The fourth-order valence-electron chi connectivity index (χ4n) is 1.57. The molecular weight excluding hydrogens is 236 g/mol. The zero-order valence-corrected chi connectivity index (χ0v) is 9.71. The maximum absolute atomic E-state index is 11.8. The van der Waals surface area contributed by atoms with Crippen molar-refractivity contribution in [3.63, 3.8) is 0 Å². The first-order valence-corrected chi connectivity index (χ1v) is 5.40. The number of anilines is 1. The first kappa shape index (κ1) is 12.1. The highest BCUT2D eigenvalue weighted by atomic mass is 16.6. The van der Waals surface area contributed by atoms with E-state index in [4.69, 9.17) is 9.94 Å². The predicted octanol–water partition coefficient (Wildman–Crippen LogP) is 1.16. The van der Waals surface area contributed by atoms with Gasteiger partial charge >= 0.3 is 5.97 Å². The van der Waals surface area contributed by atoms with Crippen molar-refractivity contribution in [2.45, 2.75) is 19.4 Å². The molecule has 1 aliphatic heterocycles.